The maximum Gasteiger partial charge on any atom is 0.222 e. The zero-order valence-corrected chi connectivity index (χ0v) is 10.4. The van der Waals surface area contributed by atoms with Crippen molar-refractivity contribution in [1.29, 1.82) is 0 Å². The van der Waals surface area contributed by atoms with Gasteiger partial charge in [-0.3, -0.25) is 0 Å². The van der Waals surface area contributed by atoms with Crippen molar-refractivity contribution in [2.45, 2.75) is 32.8 Å². The van der Waals surface area contributed by atoms with Crippen molar-refractivity contribution in [3.63, 3.8) is 0 Å². The number of hydrogen-bond acceptors (Lipinski definition) is 6. The molecule has 0 aliphatic carbocycles. The molecule has 6 heteroatoms. The van der Waals surface area contributed by atoms with Gasteiger partial charge in [-0.15, -0.1) is 0 Å². The summed E-state index contributed by atoms with van der Waals surface area (Å²) in [7, 11) is 0. The van der Waals surface area contributed by atoms with Crippen molar-refractivity contribution < 1.29 is 9.47 Å². The summed E-state index contributed by atoms with van der Waals surface area (Å²) in [6.07, 6.45) is 0.0919. The third-order valence-electron chi connectivity index (χ3n) is 2.66. The summed E-state index contributed by atoms with van der Waals surface area (Å²) < 4.78 is 10.8. The predicted molar refractivity (Wildman–Crippen MR) is 63.9 cm³/mol. The van der Waals surface area contributed by atoms with Gasteiger partial charge in [0.15, 0.2) is 0 Å². The molecular formula is C11H18N4O2. The molecule has 0 atom stereocenters. The molecule has 0 saturated carbocycles. The number of nitrogens with two attached hydrogens (primary N) is 1. The molecule has 2 heterocycles. The van der Waals surface area contributed by atoms with E-state index in [4.69, 9.17) is 15.3 Å². The fourth-order valence-corrected chi connectivity index (χ4v) is 1.47. The maximum absolute atomic E-state index is 5.74. The van der Waals surface area contributed by atoms with E-state index < -0.39 is 0 Å². The largest absolute Gasteiger partial charge is 0.469 e. The highest BCUT2D eigenvalue weighted by Crippen LogP contribution is 2.26. The Morgan fingerprint density at radius 2 is 2.12 bits per heavy atom. The first-order valence-corrected chi connectivity index (χ1v) is 5.71. The smallest absolute Gasteiger partial charge is 0.222 e. The van der Waals surface area contributed by atoms with E-state index in [0.29, 0.717) is 24.9 Å². The van der Waals surface area contributed by atoms with E-state index in [-0.39, 0.29) is 12.0 Å². The van der Waals surface area contributed by atoms with Crippen molar-refractivity contribution in [3.8, 4) is 5.88 Å². The molecule has 0 amide bonds. The standard InChI is InChI=1S/C11H18N4O2/c1-6(2)9-13-10(15-12)7(3)11(14-9)17-8-4-16-5-8/h6,8H,4-5,12H2,1-3H3,(H,13,14,15). The van der Waals surface area contributed by atoms with Gasteiger partial charge < -0.3 is 14.9 Å². The summed E-state index contributed by atoms with van der Waals surface area (Å²) in [6, 6.07) is 0. The molecule has 1 aliphatic heterocycles. The van der Waals surface area contributed by atoms with Crippen LogP contribution >= 0.6 is 0 Å². The number of rotatable bonds is 4. The van der Waals surface area contributed by atoms with Gasteiger partial charge in [0.05, 0.1) is 18.8 Å². The van der Waals surface area contributed by atoms with E-state index in [0.717, 1.165) is 11.4 Å². The van der Waals surface area contributed by atoms with Crippen molar-refractivity contribution in [3.05, 3.63) is 11.4 Å². The second-order valence-corrected chi connectivity index (χ2v) is 4.44. The molecular weight excluding hydrogens is 220 g/mol. The normalized spacial score (nSPS) is 15.8. The molecule has 0 spiro atoms. The monoisotopic (exact) mass is 238 g/mol. The first kappa shape index (κ1) is 12.1. The van der Waals surface area contributed by atoms with Gasteiger partial charge >= 0.3 is 0 Å². The Hall–Kier alpha value is -1.40. The van der Waals surface area contributed by atoms with Gasteiger partial charge in [0.25, 0.3) is 0 Å². The zero-order valence-electron chi connectivity index (χ0n) is 10.4. The van der Waals surface area contributed by atoms with Gasteiger partial charge in [0.2, 0.25) is 5.88 Å². The van der Waals surface area contributed by atoms with Crippen LogP contribution in [0.2, 0.25) is 0 Å². The predicted octanol–water partition coefficient (Wildman–Crippen LogP) is 0.972. The van der Waals surface area contributed by atoms with Gasteiger partial charge in [-0.05, 0) is 6.92 Å². The van der Waals surface area contributed by atoms with Crippen LogP contribution in [0.4, 0.5) is 5.82 Å². The molecule has 0 aromatic carbocycles. The van der Waals surface area contributed by atoms with Crippen molar-refractivity contribution in [1.82, 2.24) is 9.97 Å². The van der Waals surface area contributed by atoms with Crippen LogP contribution in [0.1, 0.15) is 31.2 Å². The number of hydrazine groups is 1. The first-order chi connectivity index (χ1) is 8.11. The van der Waals surface area contributed by atoms with E-state index in [2.05, 4.69) is 15.4 Å². The van der Waals surface area contributed by atoms with Crippen LogP contribution in [0, 0.1) is 6.92 Å². The molecule has 17 heavy (non-hydrogen) atoms. The number of anilines is 1. The zero-order chi connectivity index (χ0) is 12.4. The number of ether oxygens (including phenoxy) is 2. The number of hydrogen-bond donors (Lipinski definition) is 2. The minimum absolute atomic E-state index is 0.0919. The number of nitrogen functional groups attached to an aromatic ring is 1. The van der Waals surface area contributed by atoms with E-state index in [1.807, 2.05) is 20.8 Å². The Morgan fingerprint density at radius 3 is 2.59 bits per heavy atom. The Labute approximate surface area is 101 Å². The third-order valence-corrected chi connectivity index (χ3v) is 2.66. The Bertz CT molecular complexity index is 405. The minimum atomic E-state index is 0.0919. The van der Waals surface area contributed by atoms with E-state index >= 15 is 0 Å². The van der Waals surface area contributed by atoms with E-state index in [9.17, 15) is 0 Å². The lowest BCUT2D eigenvalue weighted by molar-refractivity contribution is -0.0816. The summed E-state index contributed by atoms with van der Waals surface area (Å²) in [4.78, 5) is 8.76. The lowest BCUT2D eigenvalue weighted by Crippen LogP contribution is -2.39. The van der Waals surface area contributed by atoms with Crippen molar-refractivity contribution >= 4 is 5.82 Å². The molecule has 3 N–H and O–H groups in total. The Balaban J connectivity index is 2.30. The molecule has 0 radical (unpaired) electrons. The first-order valence-electron chi connectivity index (χ1n) is 5.71. The molecule has 1 aromatic heterocycles. The highest BCUT2D eigenvalue weighted by Gasteiger charge is 2.23. The molecule has 0 unspecified atom stereocenters. The molecule has 0 bridgehead atoms. The topological polar surface area (TPSA) is 82.3 Å². The van der Waals surface area contributed by atoms with Gasteiger partial charge in [0.1, 0.15) is 17.7 Å². The fraction of sp³-hybridized carbons (Fsp3) is 0.636. The van der Waals surface area contributed by atoms with Crippen LogP contribution in [0.25, 0.3) is 0 Å². The van der Waals surface area contributed by atoms with E-state index in [1.54, 1.807) is 0 Å². The maximum atomic E-state index is 5.74. The minimum Gasteiger partial charge on any atom is -0.469 e. The van der Waals surface area contributed by atoms with Crippen LogP contribution in [0.15, 0.2) is 0 Å². The highest BCUT2D eigenvalue weighted by atomic mass is 16.6. The average molecular weight is 238 g/mol. The molecule has 1 aliphatic rings. The van der Waals surface area contributed by atoms with Crippen molar-refractivity contribution in [2.75, 3.05) is 18.6 Å². The van der Waals surface area contributed by atoms with Crippen LogP contribution < -0.4 is 16.0 Å². The highest BCUT2D eigenvalue weighted by molar-refractivity contribution is 5.47. The van der Waals surface area contributed by atoms with Crippen LogP contribution in [-0.4, -0.2) is 29.3 Å². The molecule has 1 saturated heterocycles. The SMILES string of the molecule is Cc1c(NN)nc(C(C)C)nc1OC1COC1. The molecule has 94 valence electrons. The summed E-state index contributed by atoms with van der Waals surface area (Å²) in [5.41, 5.74) is 3.40. The molecule has 1 fully saturated rings. The van der Waals surface area contributed by atoms with Crippen LogP contribution in [0.5, 0.6) is 5.88 Å². The summed E-state index contributed by atoms with van der Waals surface area (Å²) in [6.45, 7) is 7.17. The average Bonchev–Trinajstić information content (AvgIpc) is 2.24. The lowest BCUT2D eigenvalue weighted by atomic mass is 10.2. The Kier molecular flexibility index (Phi) is 3.44. The molecule has 6 nitrogen and oxygen atoms in total. The lowest BCUT2D eigenvalue weighted by Gasteiger charge is -2.27. The van der Waals surface area contributed by atoms with E-state index in [1.165, 1.54) is 0 Å². The second-order valence-electron chi connectivity index (χ2n) is 4.44. The van der Waals surface area contributed by atoms with Gasteiger partial charge in [-0.1, -0.05) is 13.8 Å². The molecule has 1 aromatic rings. The van der Waals surface area contributed by atoms with Gasteiger partial charge in [-0.2, -0.15) is 4.98 Å². The summed E-state index contributed by atoms with van der Waals surface area (Å²) >= 11 is 0. The van der Waals surface area contributed by atoms with Crippen LogP contribution in [-0.2, 0) is 4.74 Å². The van der Waals surface area contributed by atoms with Crippen molar-refractivity contribution in [2.24, 2.45) is 5.84 Å². The Morgan fingerprint density at radius 1 is 1.41 bits per heavy atom. The molecule has 2 rings (SSSR count). The summed E-state index contributed by atoms with van der Waals surface area (Å²) in [5.74, 6) is 7.59. The fourth-order valence-electron chi connectivity index (χ4n) is 1.47. The second kappa shape index (κ2) is 4.85. The van der Waals surface area contributed by atoms with Gasteiger partial charge in [0, 0.05) is 5.92 Å². The number of aromatic nitrogens is 2. The number of nitrogens with zero attached hydrogens (tertiary/aromatic N) is 2. The summed E-state index contributed by atoms with van der Waals surface area (Å²) in [5, 5.41) is 0. The van der Waals surface area contributed by atoms with Crippen LogP contribution in [0.3, 0.4) is 0 Å². The van der Waals surface area contributed by atoms with Gasteiger partial charge in [-0.25, -0.2) is 10.8 Å². The third kappa shape index (κ3) is 2.48. The quantitative estimate of drug-likeness (QED) is 0.601. The number of nitrogens with one attached hydrogen (secondary N) is 1.